The molecule has 0 N–H and O–H groups in total. The standard InChI is InChI=1S/C33H36N2O3/c1-3-21-34(28-16-10-11-17-28)32(36)24(2)38-29-19-18-25-20-22-35(33(37)27-14-8-5-9-15-27)31(30(25)23-29)26-12-6-4-7-13-26/h3-9,12-15,18-19,23-24,28,31H,1,10-11,16-17,20-22H2,2H3. The summed E-state index contributed by atoms with van der Waals surface area (Å²) in [6.07, 6.45) is 6.33. The number of benzene rings is 3. The van der Waals surface area contributed by atoms with Crippen molar-refractivity contribution in [3.63, 3.8) is 0 Å². The first-order chi connectivity index (χ1) is 18.6. The smallest absolute Gasteiger partial charge is 0.263 e. The van der Waals surface area contributed by atoms with E-state index < -0.39 is 6.10 Å². The van der Waals surface area contributed by atoms with E-state index in [1.54, 1.807) is 6.08 Å². The fourth-order valence-electron chi connectivity index (χ4n) is 5.89. The number of amides is 2. The van der Waals surface area contributed by atoms with E-state index in [9.17, 15) is 9.59 Å². The van der Waals surface area contributed by atoms with Crippen LogP contribution in [0.1, 0.15) is 65.7 Å². The van der Waals surface area contributed by atoms with Crippen molar-refractivity contribution in [1.82, 2.24) is 9.80 Å². The molecule has 1 aliphatic carbocycles. The number of fused-ring (bicyclic) bond motifs is 1. The lowest BCUT2D eigenvalue weighted by molar-refractivity contribution is -0.139. The van der Waals surface area contributed by atoms with Gasteiger partial charge in [0.25, 0.3) is 11.8 Å². The maximum absolute atomic E-state index is 13.6. The van der Waals surface area contributed by atoms with Crippen LogP contribution in [-0.2, 0) is 11.2 Å². The number of hydrogen-bond acceptors (Lipinski definition) is 3. The third-order valence-electron chi connectivity index (χ3n) is 7.78. The summed E-state index contributed by atoms with van der Waals surface area (Å²) in [4.78, 5) is 30.9. The molecule has 5 nitrogen and oxygen atoms in total. The van der Waals surface area contributed by atoms with Crippen LogP contribution in [0, 0.1) is 0 Å². The minimum absolute atomic E-state index is 0.00462. The van der Waals surface area contributed by atoms with Crippen molar-refractivity contribution < 1.29 is 14.3 Å². The average molecular weight is 509 g/mol. The molecule has 0 spiro atoms. The number of hydrogen-bond donors (Lipinski definition) is 0. The van der Waals surface area contributed by atoms with Gasteiger partial charge >= 0.3 is 0 Å². The zero-order valence-corrected chi connectivity index (χ0v) is 22.1. The van der Waals surface area contributed by atoms with Crippen LogP contribution in [0.5, 0.6) is 5.75 Å². The maximum atomic E-state index is 13.6. The van der Waals surface area contributed by atoms with Gasteiger partial charge in [0, 0.05) is 24.7 Å². The molecule has 1 aliphatic heterocycles. The highest BCUT2D eigenvalue weighted by molar-refractivity contribution is 5.95. The predicted molar refractivity (Wildman–Crippen MR) is 150 cm³/mol. The molecule has 1 saturated carbocycles. The number of carbonyl (C=O) groups is 2. The number of nitrogens with zero attached hydrogens (tertiary/aromatic N) is 2. The van der Waals surface area contributed by atoms with Gasteiger partial charge in [0.2, 0.25) is 0 Å². The van der Waals surface area contributed by atoms with E-state index in [2.05, 4.69) is 24.8 Å². The quantitative estimate of drug-likeness (QED) is 0.341. The number of ether oxygens (including phenoxy) is 1. The summed E-state index contributed by atoms with van der Waals surface area (Å²) in [6.45, 7) is 6.85. The lowest BCUT2D eigenvalue weighted by Gasteiger charge is -2.38. The first-order valence-electron chi connectivity index (χ1n) is 13.7. The highest BCUT2D eigenvalue weighted by Gasteiger charge is 2.34. The molecule has 38 heavy (non-hydrogen) atoms. The first kappa shape index (κ1) is 25.8. The third-order valence-corrected chi connectivity index (χ3v) is 7.78. The fourth-order valence-corrected chi connectivity index (χ4v) is 5.89. The second kappa shape index (κ2) is 11.7. The molecule has 0 radical (unpaired) electrons. The van der Waals surface area contributed by atoms with Crippen LogP contribution < -0.4 is 4.74 Å². The van der Waals surface area contributed by atoms with Gasteiger partial charge in [-0.15, -0.1) is 6.58 Å². The Morgan fingerprint density at radius 3 is 2.39 bits per heavy atom. The van der Waals surface area contributed by atoms with E-state index >= 15 is 0 Å². The molecule has 5 rings (SSSR count). The minimum Gasteiger partial charge on any atom is -0.481 e. The van der Waals surface area contributed by atoms with Gasteiger partial charge in [0.15, 0.2) is 6.10 Å². The average Bonchev–Trinajstić information content (AvgIpc) is 3.50. The summed E-state index contributed by atoms with van der Waals surface area (Å²) in [5.74, 6) is 0.649. The topological polar surface area (TPSA) is 49.9 Å². The van der Waals surface area contributed by atoms with Crippen molar-refractivity contribution in [2.45, 2.75) is 57.2 Å². The summed E-state index contributed by atoms with van der Waals surface area (Å²) < 4.78 is 6.26. The molecule has 0 aromatic heterocycles. The van der Waals surface area contributed by atoms with Crippen LogP contribution in [0.2, 0.25) is 0 Å². The number of carbonyl (C=O) groups excluding carboxylic acids is 2. The van der Waals surface area contributed by atoms with Gasteiger partial charge in [-0.25, -0.2) is 0 Å². The predicted octanol–water partition coefficient (Wildman–Crippen LogP) is 6.20. The van der Waals surface area contributed by atoms with Crippen LogP contribution in [0.15, 0.2) is 91.5 Å². The molecule has 0 bridgehead atoms. The summed E-state index contributed by atoms with van der Waals surface area (Å²) in [6, 6.07) is 25.7. The molecule has 1 fully saturated rings. The van der Waals surface area contributed by atoms with E-state index in [0.29, 0.717) is 24.4 Å². The molecule has 1 heterocycles. The van der Waals surface area contributed by atoms with Crippen LogP contribution in [-0.4, -0.2) is 46.8 Å². The molecule has 3 aromatic carbocycles. The van der Waals surface area contributed by atoms with E-state index in [1.807, 2.05) is 77.4 Å². The highest BCUT2D eigenvalue weighted by atomic mass is 16.5. The van der Waals surface area contributed by atoms with Crippen LogP contribution in [0.25, 0.3) is 0 Å². The van der Waals surface area contributed by atoms with Crippen molar-refractivity contribution in [3.05, 3.63) is 114 Å². The molecule has 2 unspecified atom stereocenters. The van der Waals surface area contributed by atoms with Gasteiger partial charge in [0.05, 0.1) is 6.04 Å². The Balaban J connectivity index is 1.44. The van der Waals surface area contributed by atoms with Crippen molar-refractivity contribution in [3.8, 4) is 5.75 Å². The Morgan fingerprint density at radius 1 is 1.03 bits per heavy atom. The molecular formula is C33H36N2O3. The second-order valence-corrected chi connectivity index (χ2v) is 10.3. The van der Waals surface area contributed by atoms with Gasteiger partial charge in [-0.1, -0.05) is 73.5 Å². The largest absolute Gasteiger partial charge is 0.481 e. The first-order valence-corrected chi connectivity index (χ1v) is 13.7. The molecule has 3 aromatic rings. The Bertz CT molecular complexity index is 1270. The fraction of sp³-hybridized carbons (Fsp3) is 0.333. The van der Waals surface area contributed by atoms with Gasteiger partial charge in [-0.3, -0.25) is 9.59 Å². The van der Waals surface area contributed by atoms with Crippen LogP contribution in [0.4, 0.5) is 0 Å². The Hall–Kier alpha value is -3.86. The van der Waals surface area contributed by atoms with E-state index in [4.69, 9.17) is 4.74 Å². The lowest BCUT2D eigenvalue weighted by Crippen LogP contribution is -2.45. The molecular weight excluding hydrogens is 472 g/mol. The van der Waals surface area contributed by atoms with Gasteiger partial charge in [0.1, 0.15) is 5.75 Å². The SMILES string of the molecule is C=CCN(C(=O)C(C)Oc1ccc2c(c1)C(c1ccccc1)N(C(=O)c1ccccc1)CC2)C1CCCC1. The normalized spacial score (nSPS) is 17.9. The molecule has 2 amide bonds. The Labute approximate surface area is 225 Å². The van der Waals surface area contributed by atoms with Gasteiger partial charge in [-0.2, -0.15) is 0 Å². The zero-order chi connectivity index (χ0) is 26.5. The van der Waals surface area contributed by atoms with Crippen molar-refractivity contribution in [2.24, 2.45) is 0 Å². The van der Waals surface area contributed by atoms with Crippen molar-refractivity contribution >= 4 is 11.8 Å². The van der Waals surface area contributed by atoms with E-state index in [1.165, 1.54) is 5.56 Å². The number of rotatable bonds is 8. The maximum Gasteiger partial charge on any atom is 0.263 e. The van der Waals surface area contributed by atoms with Crippen LogP contribution in [0.3, 0.4) is 0 Å². The van der Waals surface area contributed by atoms with Crippen molar-refractivity contribution in [2.75, 3.05) is 13.1 Å². The summed E-state index contributed by atoms with van der Waals surface area (Å²) in [5, 5.41) is 0. The van der Waals surface area contributed by atoms with Gasteiger partial charge in [-0.05, 0) is 67.1 Å². The summed E-state index contributed by atoms with van der Waals surface area (Å²) in [5.41, 5.74) is 3.97. The molecule has 0 saturated heterocycles. The molecule has 196 valence electrons. The zero-order valence-electron chi connectivity index (χ0n) is 22.1. The molecule has 5 heteroatoms. The van der Waals surface area contributed by atoms with Crippen molar-refractivity contribution in [1.29, 1.82) is 0 Å². The second-order valence-electron chi connectivity index (χ2n) is 10.3. The lowest BCUT2D eigenvalue weighted by atomic mass is 9.87. The summed E-state index contributed by atoms with van der Waals surface area (Å²) >= 11 is 0. The van der Waals surface area contributed by atoms with Gasteiger partial charge < -0.3 is 14.5 Å². The summed E-state index contributed by atoms with van der Waals surface area (Å²) in [7, 11) is 0. The van der Waals surface area contributed by atoms with Crippen LogP contribution >= 0.6 is 0 Å². The Kier molecular flexibility index (Phi) is 7.92. The Morgan fingerprint density at radius 2 is 1.71 bits per heavy atom. The monoisotopic (exact) mass is 508 g/mol. The van der Waals surface area contributed by atoms with E-state index in [-0.39, 0.29) is 23.9 Å². The minimum atomic E-state index is -0.616. The van der Waals surface area contributed by atoms with E-state index in [0.717, 1.165) is 43.2 Å². The molecule has 2 aliphatic rings. The molecule has 2 atom stereocenters. The third kappa shape index (κ3) is 5.38. The highest BCUT2D eigenvalue weighted by Crippen LogP contribution is 2.38.